The number of pyridine rings is 1. The minimum atomic E-state index is -0.177. The number of hydrogen-bond acceptors (Lipinski definition) is 5. The van der Waals surface area contributed by atoms with Crippen LogP contribution in [0.5, 0.6) is 0 Å². The van der Waals surface area contributed by atoms with E-state index in [1.54, 1.807) is 19.3 Å². The second-order valence-electron chi connectivity index (χ2n) is 5.60. The smallest absolute Gasteiger partial charge is 0.269 e. The van der Waals surface area contributed by atoms with Gasteiger partial charge in [0.15, 0.2) is 0 Å². The zero-order chi connectivity index (χ0) is 15.5. The third kappa shape index (κ3) is 2.89. The maximum Gasteiger partial charge on any atom is 0.269 e. The first-order valence-corrected chi connectivity index (χ1v) is 7.64. The number of piperazine rings is 1. The Morgan fingerprint density at radius 2 is 2.09 bits per heavy atom. The van der Waals surface area contributed by atoms with Crippen molar-refractivity contribution < 1.29 is 9.59 Å². The van der Waals surface area contributed by atoms with Gasteiger partial charge in [-0.15, -0.1) is 0 Å². The Morgan fingerprint density at radius 1 is 1.32 bits per heavy atom. The van der Waals surface area contributed by atoms with Crippen LogP contribution in [0.1, 0.15) is 16.9 Å². The monoisotopic (exact) mass is 303 g/mol. The Bertz CT molecular complexity index is 552. The average molecular weight is 303 g/mol. The summed E-state index contributed by atoms with van der Waals surface area (Å²) in [5.41, 5.74) is 1.44. The standard InChI is InChI=1S/C15H21N5O2/c1-16-14(21)12-3-2-11(10-18-12)19-6-8-20(9-7-19)13-4-5-17-15(13)22/h2-3,10,13H,4-9H2,1H3,(H,16,21)(H,17,22). The van der Waals surface area contributed by atoms with Gasteiger partial charge in [-0.2, -0.15) is 0 Å². The number of hydrogen-bond donors (Lipinski definition) is 2. The van der Waals surface area contributed by atoms with Crippen molar-refractivity contribution in [3.8, 4) is 0 Å². The lowest BCUT2D eigenvalue weighted by molar-refractivity contribution is -0.123. The summed E-state index contributed by atoms with van der Waals surface area (Å²) in [7, 11) is 1.59. The molecule has 1 aromatic rings. The molecule has 2 amide bonds. The fraction of sp³-hybridized carbons (Fsp3) is 0.533. The summed E-state index contributed by atoms with van der Waals surface area (Å²) in [6.07, 6.45) is 2.64. The normalized spacial score (nSPS) is 22.5. The first kappa shape index (κ1) is 14.8. The average Bonchev–Trinajstić information content (AvgIpc) is 3.00. The van der Waals surface area contributed by atoms with E-state index < -0.39 is 0 Å². The van der Waals surface area contributed by atoms with Crippen LogP contribution in [-0.2, 0) is 4.79 Å². The molecule has 0 bridgehead atoms. The molecule has 2 aliphatic rings. The van der Waals surface area contributed by atoms with Crippen LogP contribution in [-0.4, -0.2) is 67.5 Å². The molecule has 3 heterocycles. The van der Waals surface area contributed by atoms with Crippen molar-refractivity contribution in [1.82, 2.24) is 20.5 Å². The number of carbonyl (C=O) groups is 2. The van der Waals surface area contributed by atoms with E-state index >= 15 is 0 Å². The first-order chi connectivity index (χ1) is 10.7. The number of rotatable bonds is 3. The van der Waals surface area contributed by atoms with Gasteiger partial charge in [0.05, 0.1) is 17.9 Å². The molecule has 118 valence electrons. The van der Waals surface area contributed by atoms with Crippen LogP contribution < -0.4 is 15.5 Å². The molecular weight excluding hydrogens is 282 g/mol. The number of anilines is 1. The van der Waals surface area contributed by atoms with E-state index in [1.807, 2.05) is 6.07 Å². The van der Waals surface area contributed by atoms with Crippen molar-refractivity contribution in [3.63, 3.8) is 0 Å². The van der Waals surface area contributed by atoms with E-state index in [0.717, 1.165) is 44.8 Å². The predicted octanol–water partition coefficient (Wildman–Crippen LogP) is -0.548. The van der Waals surface area contributed by atoms with E-state index in [0.29, 0.717) is 5.69 Å². The van der Waals surface area contributed by atoms with Gasteiger partial charge in [0, 0.05) is 39.8 Å². The third-order valence-electron chi connectivity index (χ3n) is 4.35. The molecule has 2 saturated heterocycles. The molecule has 0 radical (unpaired) electrons. The van der Waals surface area contributed by atoms with Gasteiger partial charge in [0.2, 0.25) is 5.91 Å². The van der Waals surface area contributed by atoms with E-state index in [1.165, 1.54) is 0 Å². The van der Waals surface area contributed by atoms with Gasteiger partial charge in [-0.05, 0) is 18.6 Å². The summed E-state index contributed by atoms with van der Waals surface area (Å²) >= 11 is 0. The Kier molecular flexibility index (Phi) is 4.24. The molecule has 0 aliphatic carbocycles. The quantitative estimate of drug-likeness (QED) is 0.783. The van der Waals surface area contributed by atoms with Crippen LogP contribution in [0.3, 0.4) is 0 Å². The predicted molar refractivity (Wildman–Crippen MR) is 82.8 cm³/mol. The van der Waals surface area contributed by atoms with Crippen LogP contribution in [0.15, 0.2) is 18.3 Å². The van der Waals surface area contributed by atoms with Gasteiger partial charge in [0.25, 0.3) is 5.91 Å². The fourth-order valence-corrected chi connectivity index (χ4v) is 3.06. The zero-order valence-corrected chi connectivity index (χ0v) is 12.7. The summed E-state index contributed by atoms with van der Waals surface area (Å²) < 4.78 is 0. The minimum Gasteiger partial charge on any atom is -0.368 e. The maximum absolute atomic E-state index is 11.7. The van der Waals surface area contributed by atoms with E-state index in [9.17, 15) is 9.59 Å². The molecule has 1 unspecified atom stereocenters. The Balaban J connectivity index is 1.59. The molecular formula is C15H21N5O2. The number of aromatic nitrogens is 1. The topological polar surface area (TPSA) is 77.6 Å². The van der Waals surface area contributed by atoms with E-state index in [2.05, 4.69) is 25.4 Å². The fourth-order valence-electron chi connectivity index (χ4n) is 3.06. The van der Waals surface area contributed by atoms with Gasteiger partial charge in [-0.3, -0.25) is 14.5 Å². The molecule has 7 nitrogen and oxygen atoms in total. The number of nitrogens with one attached hydrogen (secondary N) is 2. The van der Waals surface area contributed by atoms with Gasteiger partial charge in [-0.25, -0.2) is 4.98 Å². The van der Waals surface area contributed by atoms with Crippen molar-refractivity contribution in [2.24, 2.45) is 0 Å². The lowest BCUT2D eigenvalue weighted by Crippen LogP contribution is -2.52. The molecule has 1 aromatic heterocycles. The molecule has 0 spiro atoms. The molecule has 2 fully saturated rings. The van der Waals surface area contributed by atoms with Crippen molar-refractivity contribution in [3.05, 3.63) is 24.0 Å². The molecule has 22 heavy (non-hydrogen) atoms. The summed E-state index contributed by atoms with van der Waals surface area (Å²) in [5.74, 6) is -0.0198. The van der Waals surface area contributed by atoms with E-state index in [4.69, 9.17) is 0 Å². The highest BCUT2D eigenvalue weighted by Crippen LogP contribution is 2.18. The first-order valence-electron chi connectivity index (χ1n) is 7.64. The van der Waals surface area contributed by atoms with Gasteiger partial charge in [-0.1, -0.05) is 0 Å². The second-order valence-corrected chi connectivity index (χ2v) is 5.60. The molecule has 7 heteroatoms. The molecule has 1 atom stereocenters. The molecule has 2 aliphatic heterocycles. The van der Waals surface area contributed by atoms with Crippen molar-refractivity contribution in [1.29, 1.82) is 0 Å². The second kappa shape index (κ2) is 6.31. The highest BCUT2D eigenvalue weighted by atomic mass is 16.2. The van der Waals surface area contributed by atoms with Gasteiger partial charge >= 0.3 is 0 Å². The number of nitrogens with zero attached hydrogens (tertiary/aromatic N) is 3. The molecule has 0 aromatic carbocycles. The lowest BCUT2D eigenvalue weighted by atomic mass is 10.1. The summed E-state index contributed by atoms with van der Waals surface area (Å²) in [4.78, 5) is 31.9. The largest absolute Gasteiger partial charge is 0.368 e. The van der Waals surface area contributed by atoms with Crippen LogP contribution >= 0.6 is 0 Å². The van der Waals surface area contributed by atoms with Crippen LogP contribution in [0.4, 0.5) is 5.69 Å². The number of carbonyl (C=O) groups excluding carboxylic acids is 2. The maximum atomic E-state index is 11.7. The molecule has 2 N–H and O–H groups in total. The van der Waals surface area contributed by atoms with Crippen LogP contribution in [0, 0.1) is 0 Å². The zero-order valence-electron chi connectivity index (χ0n) is 12.7. The SMILES string of the molecule is CNC(=O)c1ccc(N2CCN(C3CCNC3=O)CC2)cn1. The molecule has 3 rings (SSSR count). The molecule has 0 saturated carbocycles. The Labute approximate surface area is 129 Å². The number of amides is 2. The lowest BCUT2D eigenvalue weighted by Gasteiger charge is -2.38. The third-order valence-corrected chi connectivity index (χ3v) is 4.35. The highest BCUT2D eigenvalue weighted by Gasteiger charge is 2.32. The highest BCUT2D eigenvalue weighted by molar-refractivity contribution is 5.92. The van der Waals surface area contributed by atoms with Crippen LogP contribution in [0.2, 0.25) is 0 Å². The van der Waals surface area contributed by atoms with E-state index in [-0.39, 0.29) is 17.9 Å². The minimum absolute atomic E-state index is 0.0379. The van der Waals surface area contributed by atoms with Crippen molar-refractivity contribution in [2.45, 2.75) is 12.5 Å². The van der Waals surface area contributed by atoms with Crippen molar-refractivity contribution >= 4 is 17.5 Å². The van der Waals surface area contributed by atoms with Crippen LogP contribution in [0.25, 0.3) is 0 Å². The van der Waals surface area contributed by atoms with Crippen molar-refractivity contribution in [2.75, 3.05) is 44.7 Å². The summed E-state index contributed by atoms with van der Waals surface area (Å²) in [6.45, 7) is 4.26. The summed E-state index contributed by atoms with van der Waals surface area (Å²) in [6, 6.07) is 3.71. The van der Waals surface area contributed by atoms with Gasteiger partial charge in [0.1, 0.15) is 5.69 Å². The summed E-state index contributed by atoms with van der Waals surface area (Å²) in [5, 5.41) is 5.45. The Morgan fingerprint density at radius 3 is 2.64 bits per heavy atom. The van der Waals surface area contributed by atoms with Gasteiger partial charge < -0.3 is 15.5 Å². The Hall–Kier alpha value is -2.15.